The van der Waals surface area contributed by atoms with Crippen molar-refractivity contribution < 1.29 is 18.3 Å². The first kappa shape index (κ1) is 21.4. The number of aliphatic hydroxyl groups is 1. The van der Waals surface area contributed by atoms with E-state index in [2.05, 4.69) is 10.0 Å². The van der Waals surface area contributed by atoms with E-state index in [1.165, 1.54) is 17.4 Å². The number of carbonyl (C=O) groups excluding carboxylic acids is 1. The summed E-state index contributed by atoms with van der Waals surface area (Å²) in [6, 6.07) is 14.3. The molecule has 1 atom stereocenters. The van der Waals surface area contributed by atoms with E-state index < -0.39 is 15.6 Å². The summed E-state index contributed by atoms with van der Waals surface area (Å²) in [5, 5.41) is 14.6. The fourth-order valence-corrected chi connectivity index (χ4v) is 5.39. The smallest absolute Gasteiger partial charge is 0.240 e. The van der Waals surface area contributed by atoms with Gasteiger partial charge in [-0.05, 0) is 55.1 Å². The molecule has 1 unspecified atom stereocenters. The summed E-state index contributed by atoms with van der Waals surface area (Å²) in [5.74, 6) is -0.141. The molecule has 0 saturated carbocycles. The number of carbonyl (C=O) groups is 1. The highest BCUT2D eigenvalue weighted by Gasteiger charge is 2.28. The van der Waals surface area contributed by atoms with Gasteiger partial charge in [0.25, 0.3) is 0 Å². The molecule has 2 aromatic carbocycles. The van der Waals surface area contributed by atoms with E-state index in [9.17, 15) is 18.3 Å². The summed E-state index contributed by atoms with van der Waals surface area (Å²) in [6.07, 6.45) is 0.341. The predicted molar refractivity (Wildman–Crippen MR) is 117 cm³/mol. The molecular weight excluding hydrogens is 408 g/mol. The van der Waals surface area contributed by atoms with Crippen LogP contribution in [0.3, 0.4) is 0 Å². The van der Waals surface area contributed by atoms with Gasteiger partial charge >= 0.3 is 0 Å². The molecular formula is C21H24N2O4S2. The Balaban J connectivity index is 1.77. The quantitative estimate of drug-likeness (QED) is 0.530. The van der Waals surface area contributed by atoms with Gasteiger partial charge in [-0.25, -0.2) is 13.1 Å². The Morgan fingerprint density at radius 2 is 1.90 bits per heavy atom. The van der Waals surface area contributed by atoms with Gasteiger partial charge in [0.05, 0.1) is 4.90 Å². The van der Waals surface area contributed by atoms with Crippen molar-refractivity contribution >= 4 is 43.0 Å². The highest BCUT2D eigenvalue weighted by atomic mass is 32.2. The normalized spacial score (nSPS) is 13.9. The Morgan fingerprint density at radius 3 is 2.55 bits per heavy atom. The van der Waals surface area contributed by atoms with Crippen molar-refractivity contribution in [2.75, 3.05) is 11.9 Å². The zero-order valence-electron chi connectivity index (χ0n) is 16.5. The standard InChI is InChI=1S/C21H24N2O4S2/c1-4-20(24)23-16-9-10-18(14(2)11-16)29(26,27)22-13-21(3,25)19-12-15-7-5-6-8-17(15)28-19/h5-12,22,25H,4,13H2,1-3H3,(H,23,24). The second-order valence-electron chi connectivity index (χ2n) is 7.13. The van der Waals surface area contributed by atoms with E-state index in [0.717, 1.165) is 10.1 Å². The molecule has 1 aromatic heterocycles. The highest BCUT2D eigenvalue weighted by molar-refractivity contribution is 7.89. The van der Waals surface area contributed by atoms with Gasteiger partial charge < -0.3 is 10.4 Å². The zero-order chi connectivity index (χ0) is 21.2. The largest absolute Gasteiger partial charge is 0.383 e. The van der Waals surface area contributed by atoms with Crippen LogP contribution in [-0.2, 0) is 20.4 Å². The van der Waals surface area contributed by atoms with Crippen LogP contribution >= 0.6 is 11.3 Å². The molecule has 1 amide bonds. The predicted octanol–water partition coefficient (Wildman–Crippen LogP) is 3.74. The van der Waals surface area contributed by atoms with Gasteiger partial charge in [-0.3, -0.25) is 4.79 Å². The number of amides is 1. The molecule has 0 bridgehead atoms. The average molecular weight is 433 g/mol. The zero-order valence-corrected chi connectivity index (χ0v) is 18.2. The van der Waals surface area contributed by atoms with E-state index in [-0.39, 0.29) is 17.3 Å². The first-order valence-electron chi connectivity index (χ1n) is 9.24. The molecule has 6 nitrogen and oxygen atoms in total. The number of nitrogens with one attached hydrogen (secondary N) is 2. The van der Waals surface area contributed by atoms with Crippen LogP contribution < -0.4 is 10.0 Å². The van der Waals surface area contributed by atoms with Gasteiger partial charge in [0.15, 0.2) is 0 Å². The molecule has 3 N–H and O–H groups in total. The first-order chi connectivity index (χ1) is 13.6. The number of benzene rings is 2. The third-order valence-corrected chi connectivity index (χ3v) is 7.56. The van der Waals surface area contributed by atoms with Gasteiger partial charge in [0, 0.05) is 28.2 Å². The topological polar surface area (TPSA) is 95.5 Å². The number of anilines is 1. The summed E-state index contributed by atoms with van der Waals surface area (Å²) >= 11 is 1.44. The number of hydrogen-bond donors (Lipinski definition) is 3. The molecule has 0 radical (unpaired) electrons. The Kier molecular flexibility index (Phi) is 6.09. The van der Waals surface area contributed by atoms with Crippen LogP contribution in [0.2, 0.25) is 0 Å². The maximum Gasteiger partial charge on any atom is 0.240 e. The Bertz CT molecular complexity index is 1120. The van der Waals surface area contributed by atoms with Crippen LogP contribution in [0.1, 0.15) is 30.7 Å². The third-order valence-electron chi connectivity index (χ3n) is 4.63. The van der Waals surface area contributed by atoms with Crippen molar-refractivity contribution in [2.24, 2.45) is 0 Å². The van der Waals surface area contributed by atoms with Gasteiger partial charge in [-0.1, -0.05) is 25.1 Å². The molecule has 0 aliphatic carbocycles. The molecule has 0 aliphatic rings. The number of rotatable bonds is 7. The summed E-state index contributed by atoms with van der Waals surface area (Å²) < 4.78 is 29.1. The number of thiophene rings is 1. The van der Waals surface area contributed by atoms with Crippen molar-refractivity contribution in [1.29, 1.82) is 0 Å². The fourth-order valence-electron chi connectivity index (χ4n) is 2.93. The van der Waals surface area contributed by atoms with E-state index in [0.29, 0.717) is 22.5 Å². The number of sulfonamides is 1. The number of fused-ring (bicyclic) bond motifs is 1. The monoisotopic (exact) mass is 432 g/mol. The van der Waals surface area contributed by atoms with E-state index in [4.69, 9.17) is 0 Å². The number of aryl methyl sites for hydroxylation is 1. The van der Waals surface area contributed by atoms with Crippen molar-refractivity contribution in [3.05, 3.63) is 59.0 Å². The van der Waals surface area contributed by atoms with E-state index in [1.807, 2.05) is 30.3 Å². The minimum Gasteiger partial charge on any atom is -0.383 e. The summed E-state index contributed by atoms with van der Waals surface area (Å²) in [6.45, 7) is 4.85. The van der Waals surface area contributed by atoms with Crippen molar-refractivity contribution in [1.82, 2.24) is 4.72 Å². The second-order valence-corrected chi connectivity index (χ2v) is 9.95. The minimum atomic E-state index is -3.83. The van der Waals surface area contributed by atoms with Gasteiger partial charge in [0.1, 0.15) is 5.60 Å². The molecule has 3 rings (SSSR count). The molecule has 8 heteroatoms. The SMILES string of the molecule is CCC(=O)Nc1ccc(S(=O)(=O)NCC(C)(O)c2cc3ccccc3s2)c(C)c1. The van der Waals surface area contributed by atoms with Crippen LogP contribution in [0, 0.1) is 6.92 Å². The van der Waals surface area contributed by atoms with Crippen LogP contribution in [0.5, 0.6) is 0 Å². The summed E-state index contributed by atoms with van der Waals surface area (Å²) in [5.41, 5.74) is -0.293. The molecule has 0 spiro atoms. The molecule has 154 valence electrons. The first-order valence-corrected chi connectivity index (χ1v) is 11.5. The van der Waals surface area contributed by atoms with Gasteiger partial charge in [-0.2, -0.15) is 0 Å². The molecule has 29 heavy (non-hydrogen) atoms. The van der Waals surface area contributed by atoms with E-state index >= 15 is 0 Å². The molecule has 0 aliphatic heterocycles. The lowest BCUT2D eigenvalue weighted by molar-refractivity contribution is -0.115. The minimum absolute atomic E-state index is 0.110. The van der Waals surface area contributed by atoms with Crippen LogP contribution in [0.4, 0.5) is 5.69 Å². The lowest BCUT2D eigenvalue weighted by Crippen LogP contribution is -2.38. The third kappa shape index (κ3) is 4.84. The summed E-state index contributed by atoms with van der Waals surface area (Å²) in [7, 11) is -3.83. The Labute approximate surface area is 174 Å². The van der Waals surface area contributed by atoms with Crippen molar-refractivity contribution in [3.63, 3.8) is 0 Å². The van der Waals surface area contributed by atoms with Crippen molar-refractivity contribution in [2.45, 2.75) is 37.7 Å². The second kappa shape index (κ2) is 8.23. The number of hydrogen-bond acceptors (Lipinski definition) is 5. The van der Waals surface area contributed by atoms with Crippen molar-refractivity contribution in [3.8, 4) is 0 Å². The van der Waals surface area contributed by atoms with Crippen LogP contribution in [0.15, 0.2) is 53.4 Å². The Morgan fingerprint density at radius 1 is 1.17 bits per heavy atom. The maximum atomic E-state index is 12.8. The Hall–Kier alpha value is -2.26. The maximum absolute atomic E-state index is 12.8. The lowest BCUT2D eigenvalue weighted by atomic mass is 10.1. The van der Waals surface area contributed by atoms with Crippen LogP contribution in [0.25, 0.3) is 10.1 Å². The van der Waals surface area contributed by atoms with Crippen LogP contribution in [-0.4, -0.2) is 26.0 Å². The summed E-state index contributed by atoms with van der Waals surface area (Å²) in [4.78, 5) is 12.3. The molecule has 1 heterocycles. The van der Waals surface area contributed by atoms with E-state index in [1.54, 1.807) is 32.9 Å². The van der Waals surface area contributed by atoms with Gasteiger partial charge in [-0.15, -0.1) is 11.3 Å². The average Bonchev–Trinajstić information content (AvgIpc) is 3.11. The van der Waals surface area contributed by atoms with Gasteiger partial charge in [0.2, 0.25) is 15.9 Å². The lowest BCUT2D eigenvalue weighted by Gasteiger charge is -2.22. The molecule has 0 fully saturated rings. The highest BCUT2D eigenvalue weighted by Crippen LogP contribution is 2.33. The molecule has 3 aromatic rings. The molecule has 0 saturated heterocycles. The fraction of sp³-hybridized carbons (Fsp3) is 0.286.